The van der Waals surface area contributed by atoms with Crippen molar-refractivity contribution in [2.75, 3.05) is 0 Å². The van der Waals surface area contributed by atoms with Crippen molar-refractivity contribution in [3.63, 3.8) is 0 Å². The number of nitrogens with zero attached hydrogens (tertiary/aromatic N) is 2. The van der Waals surface area contributed by atoms with Crippen LogP contribution in [-0.2, 0) is 0 Å². The maximum Gasteiger partial charge on any atom is 0.328 e. The third kappa shape index (κ3) is 1.66. The van der Waals surface area contributed by atoms with Crippen molar-refractivity contribution in [2.24, 2.45) is 0 Å². The molecule has 16 heavy (non-hydrogen) atoms. The van der Waals surface area contributed by atoms with Crippen molar-refractivity contribution in [1.29, 1.82) is 5.26 Å². The fraction of sp³-hybridized carbons (Fsp3) is 0.500. The van der Waals surface area contributed by atoms with E-state index in [0.29, 0.717) is 12.8 Å². The molecule has 84 valence electrons. The fourth-order valence-electron chi connectivity index (χ4n) is 2.06. The second-order valence-corrected chi connectivity index (χ2v) is 3.89. The summed E-state index contributed by atoms with van der Waals surface area (Å²) in [6.07, 6.45) is 2.78. The average molecular weight is 221 g/mol. The van der Waals surface area contributed by atoms with E-state index in [1.54, 1.807) is 6.07 Å². The molecular formula is C10H11N3O3. The number of aliphatic hydroxyl groups is 1. The average Bonchev–Trinajstić information content (AvgIpc) is 2.65. The van der Waals surface area contributed by atoms with E-state index in [9.17, 15) is 14.7 Å². The third-order valence-electron chi connectivity index (χ3n) is 2.89. The first-order valence-corrected chi connectivity index (χ1v) is 5.07. The van der Waals surface area contributed by atoms with Gasteiger partial charge in [-0.2, -0.15) is 5.26 Å². The topological polar surface area (TPSA) is 98.9 Å². The minimum absolute atomic E-state index is 0.112. The van der Waals surface area contributed by atoms with Crippen LogP contribution in [0.25, 0.3) is 0 Å². The minimum atomic E-state index is -0.684. The van der Waals surface area contributed by atoms with E-state index >= 15 is 0 Å². The Morgan fingerprint density at radius 2 is 2.25 bits per heavy atom. The Kier molecular flexibility index (Phi) is 2.62. The van der Waals surface area contributed by atoms with Crippen LogP contribution in [0.3, 0.4) is 0 Å². The first kappa shape index (κ1) is 10.6. The van der Waals surface area contributed by atoms with Crippen LogP contribution >= 0.6 is 0 Å². The maximum absolute atomic E-state index is 11.5. The number of nitrogens with one attached hydrogen (secondary N) is 1. The summed E-state index contributed by atoms with van der Waals surface area (Å²) in [7, 11) is 0. The van der Waals surface area contributed by atoms with E-state index in [-0.39, 0.29) is 11.6 Å². The highest BCUT2D eigenvalue weighted by Crippen LogP contribution is 2.28. The van der Waals surface area contributed by atoms with Gasteiger partial charge in [-0.1, -0.05) is 0 Å². The van der Waals surface area contributed by atoms with Crippen molar-refractivity contribution >= 4 is 0 Å². The van der Waals surface area contributed by atoms with E-state index in [2.05, 4.69) is 4.98 Å². The fourth-order valence-corrected chi connectivity index (χ4v) is 2.06. The lowest BCUT2D eigenvalue weighted by Crippen LogP contribution is -2.35. The van der Waals surface area contributed by atoms with E-state index in [4.69, 9.17) is 5.26 Å². The molecule has 0 bridgehead atoms. The van der Waals surface area contributed by atoms with Crippen molar-refractivity contribution in [3.05, 3.63) is 32.6 Å². The molecule has 0 aromatic carbocycles. The zero-order valence-electron chi connectivity index (χ0n) is 8.51. The Balaban J connectivity index is 2.53. The standard InChI is InChI=1S/C10H11N3O3/c11-4-6-5-13(10(16)12-9(6)15)7-2-1-3-8(7)14/h5,7-8,14H,1-3H2,(H,12,15,16)/t7-,8-/m1/s1. The van der Waals surface area contributed by atoms with Crippen LogP contribution in [-0.4, -0.2) is 20.8 Å². The summed E-state index contributed by atoms with van der Waals surface area (Å²) >= 11 is 0. The number of nitriles is 1. The normalized spacial score (nSPS) is 24.2. The van der Waals surface area contributed by atoms with Gasteiger partial charge in [-0.05, 0) is 19.3 Å². The molecule has 1 aromatic heterocycles. The molecule has 1 fully saturated rings. The van der Waals surface area contributed by atoms with Crippen molar-refractivity contribution < 1.29 is 5.11 Å². The minimum Gasteiger partial charge on any atom is -0.391 e. The van der Waals surface area contributed by atoms with E-state index < -0.39 is 17.4 Å². The third-order valence-corrected chi connectivity index (χ3v) is 2.89. The summed E-state index contributed by atoms with van der Waals surface area (Å²) in [5, 5.41) is 18.4. The van der Waals surface area contributed by atoms with Gasteiger partial charge in [-0.25, -0.2) is 4.79 Å². The number of aliphatic hydroxyl groups excluding tert-OH is 1. The number of aromatic amines is 1. The summed E-state index contributed by atoms with van der Waals surface area (Å²) in [5.74, 6) is 0. The van der Waals surface area contributed by atoms with Gasteiger partial charge in [0.2, 0.25) is 0 Å². The van der Waals surface area contributed by atoms with E-state index in [1.165, 1.54) is 10.8 Å². The molecule has 0 spiro atoms. The van der Waals surface area contributed by atoms with E-state index in [1.807, 2.05) is 0 Å². The highest BCUT2D eigenvalue weighted by molar-refractivity contribution is 5.22. The molecule has 6 nitrogen and oxygen atoms in total. The second kappa shape index (κ2) is 3.94. The molecule has 0 aliphatic heterocycles. The summed E-state index contributed by atoms with van der Waals surface area (Å²) in [6.45, 7) is 0. The lowest BCUT2D eigenvalue weighted by Gasteiger charge is -2.16. The molecule has 2 rings (SSSR count). The Morgan fingerprint density at radius 3 is 2.81 bits per heavy atom. The highest BCUT2D eigenvalue weighted by Gasteiger charge is 2.27. The van der Waals surface area contributed by atoms with Crippen LogP contribution in [0.1, 0.15) is 30.9 Å². The molecule has 0 saturated heterocycles. The monoisotopic (exact) mass is 221 g/mol. The number of hydrogen-bond donors (Lipinski definition) is 2. The van der Waals surface area contributed by atoms with Gasteiger partial charge in [-0.15, -0.1) is 0 Å². The number of hydrogen-bond acceptors (Lipinski definition) is 4. The first-order chi connectivity index (χ1) is 7.63. The first-order valence-electron chi connectivity index (χ1n) is 5.07. The van der Waals surface area contributed by atoms with Gasteiger partial charge < -0.3 is 5.11 Å². The summed E-state index contributed by atoms with van der Waals surface area (Å²) in [4.78, 5) is 24.8. The van der Waals surface area contributed by atoms with Crippen LogP contribution in [0.15, 0.2) is 15.8 Å². The maximum atomic E-state index is 11.5. The summed E-state index contributed by atoms with van der Waals surface area (Å²) in [5.41, 5.74) is -1.37. The molecule has 6 heteroatoms. The van der Waals surface area contributed by atoms with Crippen LogP contribution in [0.5, 0.6) is 0 Å². The Labute approximate surface area is 90.8 Å². The number of rotatable bonds is 1. The summed E-state index contributed by atoms with van der Waals surface area (Å²) < 4.78 is 1.25. The molecular weight excluding hydrogens is 210 g/mol. The van der Waals surface area contributed by atoms with Gasteiger partial charge in [0.25, 0.3) is 5.56 Å². The zero-order valence-corrected chi connectivity index (χ0v) is 8.51. The van der Waals surface area contributed by atoms with Crippen molar-refractivity contribution in [3.8, 4) is 6.07 Å². The molecule has 0 unspecified atom stereocenters. The largest absolute Gasteiger partial charge is 0.391 e. The Bertz CT molecular complexity index is 552. The lowest BCUT2D eigenvalue weighted by molar-refractivity contribution is 0.134. The van der Waals surface area contributed by atoms with Crippen LogP contribution in [0.4, 0.5) is 0 Å². The van der Waals surface area contributed by atoms with E-state index in [0.717, 1.165) is 6.42 Å². The number of aromatic nitrogens is 2. The Morgan fingerprint density at radius 1 is 1.50 bits per heavy atom. The SMILES string of the molecule is N#Cc1cn([C@@H]2CCC[C@H]2O)c(=O)[nH]c1=O. The molecule has 1 heterocycles. The zero-order chi connectivity index (χ0) is 11.7. The Hall–Kier alpha value is -1.87. The molecule has 1 aliphatic rings. The highest BCUT2D eigenvalue weighted by atomic mass is 16.3. The van der Waals surface area contributed by atoms with Crippen LogP contribution in [0, 0.1) is 11.3 Å². The van der Waals surface area contributed by atoms with Gasteiger partial charge in [0, 0.05) is 6.20 Å². The van der Waals surface area contributed by atoms with Crippen molar-refractivity contribution in [2.45, 2.75) is 31.4 Å². The molecule has 2 atom stereocenters. The summed E-state index contributed by atoms with van der Waals surface area (Å²) in [6, 6.07) is 1.38. The molecule has 0 radical (unpaired) electrons. The predicted octanol–water partition coefficient (Wildman–Crippen LogP) is -0.506. The van der Waals surface area contributed by atoms with Gasteiger partial charge in [-0.3, -0.25) is 14.3 Å². The predicted molar refractivity (Wildman–Crippen MR) is 54.9 cm³/mol. The van der Waals surface area contributed by atoms with Crippen LogP contribution in [0.2, 0.25) is 0 Å². The van der Waals surface area contributed by atoms with Gasteiger partial charge >= 0.3 is 5.69 Å². The smallest absolute Gasteiger partial charge is 0.328 e. The van der Waals surface area contributed by atoms with Crippen LogP contribution < -0.4 is 11.2 Å². The van der Waals surface area contributed by atoms with Gasteiger partial charge in [0.05, 0.1) is 12.1 Å². The quantitative estimate of drug-likeness (QED) is 0.667. The molecule has 2 N–H and O–H groups in total. The lowest BCUT2D eigenvalue weighted by atomic mass is 10.2. The van der Waals surface area contributed by atoms with Gasteiger partial charge in [0.15, 0.2) is 0 Å². The second-order valence-electron chi connectivity index (χ2n) is 3.89. The van der Waals surface area contributed by atoms with Crippen molar-refractivity contribution in [1.82, 2.24) is 9.55 Å². The molecule has 1 aliphatic carbocycles. The molecule has 0 amide bonds. The molecule has 1 saturated carbocycles. The number of H-pyrrole nitrogens is 1. The molecule has 1 aromatic rings. The van der Waals surface area contributed by atoms with Gasteiger partial charge in [0.1, 0.15) is 11.6 Å².